The van der Waals surface area contributed by atoms with E-state index in [1.165, 1.54) is 0 Å². The van der Waals surface area contributed by atoms with Gasteiger partial charge in [-0.15, -0.1) is 0 Å². The Bertz CT molecular complexity index is 980. The molecule has 0 aliphatic rings. The molecule has 4 rings (SSSR count). The highest BCUT2D eigenvalue weighted by molar-refractivity contribution is 5.94. The lowest BCUT2D eigenvalue weighted by Gasteiger charge is -2.15. The van der Waals surface area contributed by atoms with Gasteiger partial charge in [-0.1, -0.05) is 60.7 Å². The van der Waals surface area contributed by atoms with E-state index in [9.17, 15) is 4.79 Å². The van der Waals surface area contributed by atoms with Crippen molar-refractivity contribution < 1.29 is 21.8 Å². The van der Waals surface area contributed by atoms with Crippen LogP contribution in [0.1, 0.15) is 0 Å². The van der Waals surface area contributed by atoms with E-state index in [0.717, 1.165) is 22.1 Å². The van der Waals surface area contributed by atoms with Crippen LogP contribution in [0.4, 0.5) is 16.2 Å². The van der Waals surface area contributed by atoms with Gasteiger partial charge in [0.05, 0.1) is 0 Å². The minimum absolute atomic E-state index is 0. The zero-order chi connectivity index (χ0) is 17.1. The standard InChI is InChI=1S/C22H17N2O.ClH/c25-22(23-16-15-18-9-7-8-10-19(18)17-23)24(20-11-3-1-4-12-20)21-13-5-2-6-14-21;/h1-17H;1H/q+1;/p-1. The van der Waals surface area contributed by atoms with Gasteiger partial charge in [0.15, 0.2) is 0 Å². The van der Waals surface area contributed by atoms with Crippen LogP contribution in [0, 0.1) is 0 Å². The predicted molar refractivity (Wildman–Crippen MR) is 100.0 cm³/mol. The largest absolute Gasteiger partial charge is 1.00 e. The summed E-state index contributed by atoms with van der Waals surface area (Å²) in [6.45, 7) is 0. The number of hydrogen-bond donors (Lipinski definition) is 0. The van der Waals surface area contributed by atoms with E-state index < -0.39 is 0 Å². The van der Waals surface area contributed by atoms with Crippen LogP contribution in [-0.2, 0) is 0 Å². The minimum Gasteiger partial charge on any atom is -1.00 e. The SMILES string of the molecule is O=C(N(c1ccccc1)c1ccccc1)[n+]1ccc2ccccc2c1.[Cl-]. The highest BCUT2D eigenvalue weighted by Crippen LogP contribution is 2.25. The number of anilines is 2. The number of benzene rings is 3. The molecule has 3 nitrogen and oxygen atoms in total. The summed E-state index contributed by atoms with van der Waals surface area (Å²) in [5.74, 6) is 0. The fourth-order valence-electron chi connectivity index (χ4n) is 2.89. The highest BCUT2D eigenvalue weighted by atomic mass is 35.5. The first-order valence-electron chi connectivity index (χ1n) is 8.17. The number of amides is 1. The molecular formula is C22H17ClN2O. The van der Waals surface area contributed by atoms with E-state index in [4.69, 9.17) is 0 Å². The molecule has 0 spiro atoms. The summed E-state index contributed by atoms with van der Waals surface area (Å²) in [5, 5.41) is 2.14. The number of carbonyl (C=O) groups is 1. The van der Waals surface area contributed by atoms with E-state index in [1.807, 2.05) is 103 Å². The molecule has 0 atom stereocenters. The summed E-state index contributed by atoms with van der Waals surface area (Å²) in [5.41, 5.74) is 1.67. The number of rotatable bonds is 2. The lowest BCUT2D eigenvalue weighted by atomic mass is 10.2. The van der Waals surface area contributed by atoms with Crippen molar-refractivity contribution in [2.24, 2.45) is 0 Å². The molecule has 0 aliphatic carbocycles. The van der Waals surface area contributed by atoms with Gasteiger partial charge in [0.2, 0.25) is 0 Å². The van der Waals surface area contributed by atoms with Crippen LogP contribution in [0.2, 0.25) is 0 Å². The summed E-state index contributed by atoms with van der Waals surface area (Å²) in [7, 11) is 0. The second kappa shape index (κ2) is 7.81. The Morgan fingerprint density at radius 2 is 1.15 bits per heavy atom. The van der Waals surface area contributed by atoms with E-state index in [1.54, 1.807) is 9.47 Å². The normalized spacial score (nSPS) is 10.2. The highest BCUT2D eigenvalue weighted by Gasteiger charge is 2.28. The van der Waals surface area contributed by atoms with E-state index in [2.05, 4.69) is 0 Å². The monoisotopic (exact) mass is 360 g/mol. The lowest BCUT2D eigenvalue weighted by molar-refractivity contribution is -0.567. The molecule has 1 heterocycles. The van der Waals surface area contributed by atoms with Gasteiger partial charge in [-0.25, -0.2) is 0 Å². The Balaban J connectivity index is 0.00000196. The summed E-state index contributed by atoms with van der Waals surface area (Å²) >= 11 is 0. The summed E-state index contributed by atoms with van der Waals surface area (Å²) in [4.78, 5) is 15.0. The van der Waals surface area contributed by atoms with Crippen LogP contribution in [0.5, 0.6) is 0 Å². The molecule has 0 N–H and O–H groups in total. The quantitative estimate of drug-likeness (QED) is 0.501. The average molecular weight is 361 g/mol. The molecule has 0 saturated heterocycles. The molecule has 0 unspecified atom stereocenters. The first-order chi connectivity index (χ1) is 12.3. The van der Waals surface area contributed by atoms with Crippen molar-refractivity contribution in [1.29, 1.82) is 0 Å². The third kappa shape index (κ3) is 3.44. The molecule has 1 amide bonds. The van der Waals surface area contributed by atoms with Crippen LogP contribution in [-0.4, -0.2) is 6.03 Å². The van der Waals surface area contributed by atoms with Crippen molar-refractivity contribution in [3.05, 3.63) is 103 Å². The van der Waals surface area contributed by atoms with Gasteiger partial charge in [-0.2, -0.15) is 14.3 Å². The Morgan fingerprint density at radius 1 is 0.654 bits per heavy atom. The smallest absolute Gasteiger partial charge is 0.508 e. The van der Waals surface area contributed by atoms with Gasteiger partial charge >= 0.3 is 6.03 Å². The zero-order valence-corrected chi connectivity index (χ0v) is 14.8. The number of fused-ring (bicyclic) bond motifs is 1. The number of halogens is 1. The van der Waals surface area contributed by atoms with E-state index >= 15 is 0 Å². The van der Waals surface area contributed by atoms with Crippen molar-refractivity contribution in [3.63, 3.8) is 0 Å². The molecule has 1 aromatic heterocycles. The fourth-order valence-corrected chi connectivity index (χ4v) is 2.89. The summed E-state index contributed by atoms with van der Waals surface area (Å²) in [6, 6.07) is 29.2. The maximum Gasteiger partial charge on any atom is 0.508 e. The van der Waals surface area contributed by atoms with Crippen molar-refractivity contribution >= 4 is 28.2 Å². The third-order valence-electron chi connectivity index (χ3n) is 4.13. The van der Waals surface area contributed by atoms with E-state index in [-0.39, 0.29) is 18.4 Å². The Hall–Kier alpha value is -3.17. The van der Waals surface area contributed by atoms with Crippen molar-refractivity contribution in [2.75, 3.05) is 4.90 Å². The number of nitrogens with zero attached hydrogens (tertiary/aromatic N) is 2. The van der Waals surface area contributed by atoms with Crippen LogP contribution < -0.4 is 21.9 Å². The van der Waals surface area contributed by atoms with Crippen LogP contribution >= 0.6 is 0 Å². The van der Waals surface area contributed by atoms with Crippen LogP contribution in [0.25, 0.3) is 10.8 Å². The molecule has 0 fully saturated rings. The van der Waals surface area contributed by atoms with Gasteiger partial charge in [0.1, 0.15) is 23.8 Å². The summed E-state index contributed by atoms with van der Waals surface area (Å²) in [6.07, 6.45) is 3.68. The second-order valence-electron chi connectivity index (χ2n) is 5.77. The maximum absolute atomic E-state index is 13.3. The molecule has 4 heteroatoms. The van der Waals surface area contributed by atoms with Crippen LogP contribution in [0.15, 0.2) is 103 Å². The number of aromatic nitrogens is 1. The van der Waals surface area contributed by atoms with Crippen molar-refractivity contribution in [2.45, 2.75) is 0 Å². The molecule has 0 bridgehead atoms. The number of pyridine rings is 1. The Kier molecular flexibility index (Phi) is 5.30. The Morgan fingerprint density at radius 3 is 1.73 bits per heavy atom. The molecule has 26 heavy (non-hydrogen) atoms. The molecule has 0 aliphatic heterocycles. The number of hydrogen-bond acceptors (Lipinski definition) is 1. The number of para-hydroxylation sites is 2. The first-order valence-corrected chi connectivity index (χ1v) is 8.17. The van der Waals surface area contributed by atoms with Gasteiger partial charge in [-0.05, 0) is 35.7 Å². The second-order valence-corrected chi connectivity index (χ2v) is 5.77. The summed E-state index contributed by atoms with van der Waals surface area (Å²) < 4.78 is 1.63. The van der Waals surface area contributed by atoms with Crippen molar-refractivity contribution in [1.82, 2.24) is 0 Å². The molecule has 0 radical (unpaired) electrons. The molecule has 3 aromatic carbocycles. The Labute approximate surface area is 158 Å². The predicted octanol–water partition coefficient (Wildman–Crippen LogP) is 1.94. The maximum atomic E-state index is 13.3. The topological polar surface area (TPSA) is 24.2 Å². The molecule has 128 valence electrons. The zero-order valence-electron chi connectivity index (χ0n) is 14.0. The molecular weight excluding hydrogens is 344 g/mol. The van der Waals surface area contributed by atoms with Crippen LogP contribution in [0.3, 0.4) is 0 Å². The van der Waals surface area contributed by atoms with Gasteiger partial charge in [0, 0.05) is 5.39 Å². The fraction of sp³-hybridized carbons (Fsp3) is 0. The third-order valence-corrected chi connectivity index (χ3v) is 4.13. The number of carbonyl (C=O) groups excluding carboxylic acids is 1. The molecule has 0 saturated carbocycles. The average Bonchev–Trinajstić information content (AvgIpc) is 2.69. The lowest BCUT2D eigenvalue weighted by Crippen LogP contribution is -3.00. The van der Waals surface area contributed by atoms with Crippen molar-refractivity contribution in [3.8, 4) is 0 Å². The molecule has 4 aromatic rings. The van der Waals surface area contributed by atoms with E-state index in [0.29, 0.717) is 0 Å². The van der Waals surface area contributed by atoms with Gasteiger partial charge in [0.25, 0.3) is 0 Å². The van der Waals surface area contributed by atoms with Gasteiger partial charge in [-0.3, -0.25) is 0 Å². The first kappa shape index (κ1) is 17.6. The van der Waals surface area contributed by atoms with Gasteiger partial charge < -0.3 is 12.4 Å². The minimum atomic E-state index is -0.122.